The zero-order chi connectivity index (χ0) is 25.8. The molecule has 0 aromatic heterocycles. The quantitative estimate of drug-likeness (QED) is 0.504. The number of esters is 2. The summed E-state index contributed by atoms with van der Waals surface area (Å²) in [6, 6.07) is 7.65. The maximum absolute atomic E-state index is 13.3. The average Bonchev–Trinajstić information content (AvgIpc) is 3.29. The van der Waals surface area contributed by atoms with E-state index in [2.05, 4.69) is 0 Å². The number of carbonyl (C=O) groups excluding carboxylic acids is 3. The molecule has 8 nitrogen and oxygen atoms in total. The smallest absolute Gasteiger partial charge is 0.338 e. The van der Waals surface area contributed by atoms with Gasteiger partial charge in [-0.15, -0.1) is 0 Å². The van der Waals surface area contributed by atoms with Crippen molar-refractivity contribution < 1.29 is 23.9 Å². The minimum atomic E-state index is -0.427. The third-order valence-electron chi connectivity index (χ3n) is 6.82. The Kier molecular flexibility index (Phi) is 8.18. The Balaban J connectivity index is 1.57. The number of rotatable bonds is 7. The van der Waals surface area contributed by atoms with E-state index in [0.29, 0.717) is 50.2 Å². The van der Waals surface area contributed by atoms with Gasteiger partial charge in [0.2, 0.25) is 5.91 Å². The zero-order valence-electron chi connectivity index (χ0n) is 21.3. The van der Waals surface area contributed by atoms with E-state index in [1.165, 1.54) is 18.9 Å². The fourth-order valence-corrected chi connectivity index (χ4v) is 5.81. The van der Waals surface area contributed by atoms with Crippen molar-refractivity contribution in [1.82, 2.24) is 9.80 Å². The normalized spacial score (nSPS) is 20.1. The van der Waals surface area contributed by atoms with Crippen LogP contribution in [-0.4, -0.2) is 59.6 Å². The topological polar surface area (TPSA) is 88.5 Å². The molecule has 1 atom stereocenters. The number of amidine groups is 1. The van der Waals surface area contributed by atoms with Gasteiger partial charge in [-0.25, -0.2) is 9.79 Å². The van der Waals surface area contributed by atoms with Gasteiger partial charge in [0.15, 0.2) is 5.17 Å². The van der Waals surface area contributed by atoms with E-state index < -0.39 is 12.0 Å². The Labute approximate surface area is 216 Å². The standard InChI is InChI=1S/C27H33N3O5S/c1-5-21-23(26(33)34-4)24(18-9-7-17(3)8-10-18)30-20(16-36-27(30)28-21)15-22(31)29-13-11-19(12-14-29)25(32)35-6-2/h7-10,16,19,24H,5-6,11-15H2,1-4H3/t24-/m1/s1. The molecule has 0 N–H and O–H groups in total. The summed E-state index contributed by atoms with van der Waals surface area (Å²) in [6.07, 6.45) is 1.99. The van der Waals surface area contributed by atoms with Gasteiger partial charge in [-0.2, -0.15) is 0 Å². The summed E-state index contributed by atoms with van der Waals surface area (Å²) < 4.78 is 10.3. The van der Waals surface area contributed by atoms with Crippen molar-refractivity contribution in [1.29, 1.82) is 0 Å². The van der Waals surface area contributed by atoms with Crippen molar-refractivity contribution in [2.45, 2.75) is 52.5 Å². The molecule has 192 valence electrons. The van der Waals surface area contributed by atoms with Gasteiger partial charge in [-0.3, -0.25) is 9.59 Å². The summed E-state index contributed by atoms with van der Waals surface area (Å²) in [7, 11) is 1.38. The fourth-order valence-electron chi connectivity index (χ4n) is 4.87. The van der Waals surface area contributed by atoms with E-state index in [0.717, 1.165) is 22.0 Å². The van der Waals surface area contributed by atoms with E-state index in [4.69, 9.17) is 14.5 Å². The highest BCUT2D eigenvalue weighted by molar-refractivity contribution is 8.16. The molecule has 1 saturated heterocycles. The Morgan fingerprint density at radius 2 is 1.81 bits per heavy atom. The molecule has 36 heavy (non-hydrogen) atoms. The molecule has 4 rings (SSSR count). The van der Waals surface area contributed by atoms with E-state index in [1.54, 1.807) is 6.92 Å². The summed E-state index contributed by atoms with van der Waals surface area (Å²) in [4.78, 5) is 46.9. The van der Waals surface area contributed by atoms with Crippen LogP contribution in [0.15, 0.2) is 51.6 Å². The Bertz CT molecular complexity index is 1120. The number of likely N-dealkylation sites (tertiary alicyclic amines) is 1. The number of hydrogen-bond acceptors (Lipinski definition) is 8. The first-order valence-electron chi connectivity index (χ1n) is 12.4. The number of thioether (sulfide) groups is 1. The van der Waals surface area contributed by atoms with E-state index >= 15 is 0 Å². The number of aryl methyl sites for hydroxylation is 1. The van der Waals surface area contributed by atoms with Crippen LogP contribution in [0.5, 0.6) is 0 Å². The van der Waals surface area contributed by atoms with E-state index in [9.17, 15) is 14.4 Å². The molecule has 3 heterocycles. The molecule has 0 bridgehead atoms. The van der Waals surface area contributed by atoms with Crippen LogP contribution in [0.1, 0.15) is 56.7 Å². The number of piperidine rings is 1. The zero-order valence-corrected chi connectivity index (χ0v) is 22.1. The van der Waals surface area contributed by atoms with Gasteiger partial charge in [-0.05, 0) is 44.1 Å². The minimum Gasteiger partial charge on any atom is -0.466 e. The van der Waals surface area contributed by atoms with Gasteiger partial charge >= 0.3 is 11.9 Å². The highest BCUT2D eigenvalue weighted by Gasteiger charge is 2.42. The third-order valence-corrected chi connectivity index (χ3v) is 7.71. The predicted molar refractivity (Wildman–Crippen MR) is 139 cm³/mol. The molecule has 3 aliphatic rings. The molecule has 1 fully saturated rings. The molecule has 0 aliphatic carbocycles. The van der Waals surface area contributed by atoms with Crippen molar-refractivity contribution in [3.05, 3.63) is 57.8 Å². The summed E-state index contributed by atoms with van der Waals surface area (Å²) in [5.74, 6) is -0.743. The Morgan fingerprint density at radius 1 is 1.11 bits per heavy atom. The molecule has 1 amide bonds. The van der Waals surface area contributed by atoms with Crippen LogP contribution >= 0.6 is 11.8 Å². The SMILES string of the molecule is CCOC(=O)C1CCN(C(=O)CC2=CSC3=NC(CC)=C(C(=O)OC)[C@@H](c4ccc(C)cc4)N23)CC1. The number of fused-ring (bicyclic) bond motifs is 1. The third kappa shape index (κ3) is 5.21. The van der Waals surface area contributed by atoms with Crippen LogP contribution in [0.3, 0.4) is 0 Å². The largest absolute Gasteiger partial charge is 0.466 e. The number of aliphatic imine (C=N–C) groups is 1. The van der Waals surface area contributed by atoms with Gasteiger partial charge in [0.25, 0.3) is 0 Å². The Hall–Kier alpha value is -3.07. The van der Waals surface area contributed by atoms with Crippen molar-refractivity contribution in [2.24, 2.45) is 10.9 Å². The number of allylic oxidation sites excluding steroid dienone is 1. The number of hydrogen-bond donors (Lipinski definition) is 0. The predicted octanol–water partition coefficient (Wildman–Crippen LogP) is 4.32. The number of amides is 1. The number of carbonyl (C=O) groups is 3. The van der Waals surface area contributed by atoms with Crippen LogP contribution in [0.25, 0.3) is 0 Å². The second-order valence-electron chi connectivity index (χ2n) is 9.09. The first kappa shape index (κ1) is 26.0. The highest BCUT2D eigenvalue weighted by atomic mass is 32.2. The first-order valence-corrected chi connectivity index (χ1v) is 13.3. The van der Waals surface area contributed by atoms with Crippen LogP contribution in [0.2, 0.25) is 0 Å². The fraction of sp³-hybridized carbons (Fsp3) is 0.481. The summed E-state index contributed by atoms with van der Waals surface area (Å²) >= 11 is 1.47. The van der Waals surface area contributed by atoms with Crippen LogP contribution in [-0.2, 0) is 23.9 Å². The van der Waals surface area contributed by atoms with Crippen molar-refractivity contribution >= 4 is 34.8 Å². The lowest BCUT2D eigenvalue weighted by molar-refractivity contribution is -0.151. The lowest BCUT2D eigenvalue weighted by atomic mass is 9.92. The second kappa shape index (κ2) is 11.3. The molecular formula is C27H33N3O5S. The van der Waals surface area contributed by atoms with Gasteiger partial charge in [0.05, 0.1) is 43.4 Å². The molecule has 0 radical (unpaired) electrons. The maximum Gasteiger partial charge on any atom is 0.338 e. The van der Waals surface area contributed by atoms with Crippen LogP contribution in [0, 0.1) is 12.8 Å². The summed E-state index contributed by atoms with van der Waals surface area (Å²) in [5, 5.41) is 2.71. The van der Waals surface area contributed by atoms with Crippen molar-refractivity contribution in [2.75, 3.05) is 26.8 Å². The van der Waals surface area contributed by atoms with Gasteiger partial charge in [0.1, 0.15) is 0 Å². The van der Waals surface area contributed by atoms with Gasteiger partial charge in [0, 0.05) is 18.8 Å². The van der Waals surface area contributed by atoms with Crippen LogP contribution < -0.4 is 0 Å². The maximum atomic E-state index is 13.3. The van der Waals surface area contributed by atoms with Crippen molar-refractivity contribution in [3.63, 3.8) is 0 Å². The summed E-state index contributed by atoms with van der Waals surface area (Å²) in [6.45, 7) is 7.22. The monoisotopic (exact) mass is 511 g/mol. The number of methoxy groups -OCH3 is 1. The van der Waals surface area contributed by atoms with Gasteiger partial charge < -0.3 is 19.3 Å². The average molecular weight is 512 g/mol. The Morgan fingerprint density at radius 3 is 2.42 bits per heavy atom. The van der Waals surface area contributed by atoms with E-state index in [-0.39, 0.29) is 24.2 Å². The molecule has 9 heteroatoms. The molecule has 1 aromatic rings. The highest BCUT2D eigenvalue weighted by Crippen LogP contribution is 2.45. The van der Waals surface area contributed by atoms with E-state index in [1.807, 2.05) is 53.3 Å². The van der Waals surface area contributed by atoms with Gasteiger partial charge in [-0.1, -0.05) is 48.5 Å². The molecular weight excluding hydrogens is 478 g/mol. The minimum absolute atomic E-state index is 0.00190. The number of benzene rings is 1. The number of nitrogens with zero attached hydrogens (tertiary/aromatic N) is 3. The molecule has 1 aromatic carbocycles. The van der Waals surface area contributed by atoms with Crippen LogP contribution in [0.4, 0.5) is 0 Å². The molecule has 0 spiro atoms. The lowest BCUT2D eigenvalue weighted by Crippen LogP contribution is -2.42. The summed E-state index contributed by atoms with van der Waals surface area (Å²) in [5.41, 5.74) is 4.07. The molecule has 0 saturated carbocycles. The lowest BCUT2D eigenvalue weighted by Gasteiger charge is -2.37. The molecule has 3 aliphatic heterocycles. The second-order valence-corrected chi connectivity index (χ2v) is 9.93. The number of ether oxygens (including phenoxy) is 2. The molecule has 0 unspecified atom stereocenters. The van der Waals surface area contributed by atoms with Crippen molar-refractivity contribution in [3.8, 4) is 0 Å². The first-order chi connectivity index (χ1) is 17.4.